The van der Waals surface area contributed by atoms with Crippen molar-refractivity contribution < 1.29 is 24.5 Å². The molecule has 1 aromatic rings. The fraction of sp³-hybridized carbons (Fsp3) is 0.500. The molecule has 7 nitrogen and oxygen atoms in total. The van der Waals surface area contributed by atoms with Gasteiger partial charge in [-0.15, -0.1) is 0 Å². The largest absolute Gasteiger partial charge is 0.490 e. The van der Waals surface area contributed by atoms with Crippen LogP contribution in [0.2, 0.25) is 5.02 Å². The molecule has 0 radical (unpaired) electrons. The molecule has 1 fully saturated rings. The Bertz CT molecular complexity index is 671. The summed E-state index contributed by atoms with van der Waals surface area (Å²) in [6, 6.07) is 3.38. The number of carboxylic acid groups (broad SMARTS) is 1. The predicted molar refractivity (Wildman–Crippen MR) is 87.7 cm³/mol. The van der Waals surface area contributed by atoms with E-state index in [0.717, 1.165) is 5.56 Å². The van der Waals surface area contributed by atoms with Crippen LogP contribution < -0.4 is 10.1 Å². The molecular formula is C16H19ClN2O5. The van der Waals surface area contributed by atoms with E-state index in [1.807, 2.05) is 0 Å². The van der Waals surface area contributed by atoms with Crippen LogP contribution in [0.15, 0.2) is 12.1 Å². The van der Waals surface area contributed by atoms with Gasteiger partial charge in [-0.2, -0.15) is 0 Å². The molecule has 2 amide bonds. The van der Waals surface area contributed by atoms with E-state index in [2.05, 4.69) is 5.32 Å². The molecule has 8 heteroatoms. The number of carbonyl (C=O) groups is 2. The molecule has 1 aromatic carbocycles. The van der Waals surface area contributed by atoms with Crippen molar-refractivity contribution in [1.82, 2.24) is 4.90 Å². The van der Waals surface area contributed by atoms with E-state index in [-0.39, 0.29) is 25.6 Å². The smallest absolute Gasteiger partial charge is 0.407 e. The summed E-state index contributed by atoms with van der Waals surface area (Å²) in [6.07, 6.45) is 0.571. The van der Waals surface area contributed by atoms with Crippen LogP contribution in [-0.2, 0) is 11.2 Å². The topological polar surface area (TPSA) is 99.1 Å². The van der Waals surface area contributed by atoms with Crippen LogP contribution in [0.1, 0.15) is 24.8 Å². The van der Waals surface area contributed by atoms with Gasteiger partial charge in [0.15, 0.2) is 0 Å². The zero-order chi connectivity index (χ0) is 17.3. The van der Waals surface area contributed by atoms with Gasteiger partial charge in [0.05, 0.1) is 10.7 Å². The molecule has 0 spiro atoms. The van der Waals surface area contributed by atoms with Crippen molar-refractivity contribution >= 4 is 29.3 Å². The molecule has 0 aromatic heterocycles. The number of halogens is 1. The van der Waals surface area contributed by atoms with Crippen molar-refractivity contribution in [3.8, 4) is 5.75 Å². The zero-order valence-electron chi connectivity index (χ0n) is 13.0. The summed E-state index contributed by atoms with van der Waals surface area (Å²) in [5.41, 5.74) is 0.336. The number of likely N-dealkylation sites (tertiary alicyclic amines) is 1. The number of amides is 2. The molecule has 2 heterocycles. The molecule has 0 atom stereocenters. The normalized spacial score (nSPS) is 19.4. The number of rotatable bonds is 3. The molecule has 2 aliphatic heterocycles. The fourth-order valence-corrected chi connectivity index (χ4v) is 3.25. The van der Waals surface area contributed by atoms with Gasteiger partial charge < -0.3 is 25.2 Å². The van der Waals surface area contributed by atoms with Crippen LogP contribution in [0.5, 0.6) is 5.75 Å². The summed E-state index contributed by atoms with van der Waals surface area (Å²) < 4.78 is 5.81. The molecule has 0 unspecified atom stereocenters. The summed E-state index contributed by atoms with van der Waals surface area (Å²) in [4.78, 5) is 23.7. The first-order valence-corrected chi connectivity index (χ1v) is 8.20. The highest BCUT2D eigenvalue weighted by molar-refractivity contribution is 6.34. The van der Waals surface area contributed by atoms with Gasteiger partial charge in [-0.05, 0) is 31.4 Å². The van der Waals surface area contributed by atoms with E-state index in [0.29, 0.717) is 42.1 Å². The van der Waals surface area contributed by atoms with Crippen molar-refractivity contribution in [2.24, 2.45) is 0 Å². The Balaban J connectivity index is 1.68. The Labute approximate surface area is 144 Å². The van der Waals surface area contributed by atoms with Gasteiger partial charge in [-0.25, -0.2) is 4.79 Å². The van der Waals surface area contributed by atoms with Gasteiger partial charge in [0.1, 0.15) is 18.0 Å². The predicted octanol–water partition coefficient (Wildman–Crippen LogP) is 2.11. The quantitative estimate of drug-likeness (QED) is 0.772. The highest BCUT2D eigenvalue weighted by Crippen LogP contribution is 2.37. The van der Waals surface area contributed by atoms with Crippen LogP contribution >= 0.6 is 11.6 Å². The Morgan fingerprint density at radius 1 is 1.33 bits per heavy atom. The van der Waals surface area contributed by atoms with Gasteiger partial charge in [0, 0.05) is 25.1 Å². The molecule has 0 aliphatic carbocycles. The first-order chi connectivity index (χ1) is 11.4. The lowest BCUT2D eigenvalue weighted by atomic mass is 9.92. The number of anilines is 1. The second-order valence-electron chi connectivity index (χ2n) is 6.23. The van der Waals surface area contributed by atoms with Crippen molar-refractivity contribution in [3.05, 3.63) is 22.7 Å². The molecule has 2 aliphatic rings. The maximum atomic E-state index is 11.5. The molecule has 0 bridgehead atoms. The number of piperidine rings is 1. The van der Waals surface area contributed by atoms with Crippen molar-refractivity contribution in [2.45, 2.75) is 31.3 Å². The van der Waals surface area contributed by atoms with Crippen molar-refractivity contribution in [3.63, 3.8) is 0 Å². The van der Waals surface area contributed by atoms with Gasteiger partial charge >= 0.3 is 6.09 Å². The SMILES string of the molecule is O=C1CCc2c(OCC3(O)CCN(C(=O)O)CC3)ccc(Cl)c2N1. The number of nitrogens with one attached hydrogen (secondary N) is 1. The van der Waals surface area contributed by atoms with Crippen LogP contribution in [-0.4, -0.2) is 52.4 Å². The highest BCUT2D eigenvalue weighted by Gasteiger charge is 2.35. The van der Waals surface area contributed by atoms with Gasteiger partial charge in [0.2, 0.25) is 5.91 Å². The number of benzene rings is 1. The number of hydrogen-bond donors (Lipinski definition) is 3. The molecule has 3 N–H and O–H groups in total. The highest BCUT2D eigenvalue weighted by atomic mass is 35.5. The van der Waals surface area contributed by atoms with Crippen LogP contribution in [0.25, 0.3) is 0 Å². The summed E-state index contributed by atoms with van der Waals surface area (Å²) >= 11 is 6.12. The molecule has 1 saturated heterocycles. The molecular weight excluding hydrogens is 336 g/mol. The Kier molecular flexibility index (Phi) is 4.56. The average Bonchev–Trinajstić information content (AvgIpc) is 2.55. The Hall–Kier alpha value is -1.99. The number of ether oxygens (including phenoxy) is 1. The maximum absolute atomic E-state index is 11.5. The van der Waals surface area contributed by atoms with Crippen LogP contribution in [0, 0.1) is 0 Å². The first kappa shape index (κ1) is 16.9. The van der Waals surface area contributed by atoms with Gasteiger partial charge in [-0.3, -0.25) is 4.79 Å². The van der Waals surface area contributed by atoms with E-state index in [1.54, 1.807) is 12.1 Å². The molecule has 130 valence electrons. The monoisotopic (exact) mass is 354 g/mol. The third-order valence-corrected chi connectivity index (χ3v) is 4.86. The van der Waals surface area contributed by atoms with Crippen LogP contribution in [0.3, 0.4) is 0 Å². The number of nitrogens with zero attached hydrogens (tertiary/aromatic N) is 1. The number of aliphatic hydroxyl groups is 1. The lowest BCUT2D eigenvalue weighted by molar-refractivity contribution is -0.116. The van der Waals surface area contributed by atoms with Crippen molar-refractivity contribution in [1.29, 1.82) is 0 Å². The van der Waals surface area contributed by atoms with Crippen LogP contribution in [0.4, 0.5) is 10.5 Å². The fourth-order valence-electron chi connectivity index (χ4n) is 3.03. The lowest BCUT2D eigenvalue weighted by Gasteiger charge is -2.36. The minimum atomic E-state index is -1.06. The minimum Gasteiger partial charge on any atom is -0.490 e. The van der Waals surface area contributed by atoms with Gasteiger partial charge in [0.25, 0.3) is 0 Å². The van der Waals surface area contributed by atoms with Crippen molar-refractivity contribution in [2.75, 3.05) is 25.0 Å². The van der Waals surface area contributed by atoms with Gasteiger partial charge in [-0.1, -0.05) is 11.6 Å². The number of fused-ring (bicyclic) bond motifs is 1. The summed E-state index contributed by atoms with van der Waals surface area (Å²) in [6.45, 7) is 0.635. The lowest BCUT2D eigenvalue weighted by Crippen LogP contribution is -2.49. The molecule has 0 saturated carbocycles. The van der Waals surface area contributed by atoms with E-state index in [1.165, 1.54) is 4.90 Å². The standard InChI is InChI=1S/C16H19ClN2O5/c17-11-2-3-12(10-1-4-13(20)18-14(10)11)24-9-16(23)5-7-19(8-6-16)15(21)22/h2-3,23H,1,4-9H2,(H,18,20)(H,21,22). The van der Waals surface area contributed by atoms with E-state index >= 15 is 0 Å². The van der Waals surface area contributed by atoms with E-state index < -0.39 is 11.7 Å². The number of hydrogen-bond acceptors (Lipinski definition) is 4. The Morgan fingerprint density at radius 3 is 2.71 bits per heavy atom. The Morgan fingerprint density at radius 2 is 2.04 bits per heavy atom. The maximum Gasteiger partial charge on any atom is 0.407 e. The first-order valence-electron chi connectivity index (χ1n) is 7.82. The summed E-state index contributed by atoms with van der Waals surface area (Å²) in [5.74, 6) is 0.504. The number of carbonyl (C=O) groups excluding carboxylic acids is 1. The molecule has 3 rings (SSSR count). The average molecular weight is 355 g/mol. The second-order valence-corrected chi connectivity index (χ2v) is 6.64. The molecule has 24 heavy (non-hydrogen) atoms. The zero-order valence-corrected chi connectivity index (χ0v) is 13.8. The third-order valence-electron chi connectivity index (χ3n) is 4.55. The third kappa shape index (κ3) is 3.42. The minimum absolute atomic E-state index is 0.0719. The van der Waals surface area contributed by atoms with E-state index in [4.69, 9.17) is 21.4 Å². The summed E-state index contributed by atoms with van der Waals surface area (Å²) in [5, 5.41) is 22.8. The second kappa shape index (κ2) is 6.49. The van der Waals surface area contributed by atoms with E-state index in [9.17, 15) is 14.7 Å². The summed E-state index contributed by atoms with van der Waals surface area (Å²) in [7, 11) is 0.